The van der Waals surface area contributed by atoms with Crippen molar-refractivity contribution in [2.24, 2.45) is 0 Å². The number of aryl methyl sites for hydroxylation is 1. The lowest BCUT2D eigenvalue weighted by molar-refractivity contribution is -0.132. The van der Waals surface area contributed by atoms with E-state index in [0.29, 0.717) is 0 Å². The van der Waals surface area contributed by atoms with Gasteiger partial charge in [0.05, 0.1) is 10.6 Å². The highest BCUT2D eigenvalue weighted by Gasteiger charge is 2.08. The van der Waals surface area contributed by atoms with Gasteiger partial charge in [0.1, 0.15) is 0 Å². The third-order valence-corrected chi connectivity index (χ3v) is 2.46. The number of carboxylic acid groups (broad SMARTS) is 1. The molecule has 0 spiro atoms. The minimum atomic E-state index is -0.990. The summed E-state index contributed by atoms with van der Waals surface area (Å²) < 4.78 is 0. The van der Waals surface area contributed by atoms with Crippen LogP contribution in [0.15, 0.2) is 29.8 Å². The average molecular weight is 211 g/mol. The molecule has 0 amide bonds. The lowest BCUT2D eigenvalue weighted by Crippen LogP contribution is -1.98. The highest BCUT2D eigenvalue weighted by Crippen LogP contribution is 2.23. The first-order chi connectivity index (χ1) is 6.52. The molecule has 0 fully saturated rings. The molecule has 0 saturated carbocycles. The first kappa shape index (κ1) is 10.8. The van der Waals surface area contributed by atoms with E-state index < -0.39 is 5.97 Å². The van der Waals surface area contributed by atoms with Gasteiger partial charge in [-0.25, -0.2) is 4.79 Å². The second-order valence-electron chi connectivity index (χ2n) is 3.11. The fourth-order valence-corrected chi connectivity index (χ4v) is 1.22. The van der Waals surface area contributed by atoms with Gasteiger partial charge in [0.15, 0.2) is 0 Å². The molecule has 74 valence electrons. The van der Waals surface area contributed by atoms with Crippen LogP contribution in [0.25, 0.3) is 5.03 Å². The summed E-state index contributed by atoms with van der Waals surface area (Å²) in [5.41, 5.74) is 2.01. The van der Waals surface area contributed by atoms with Crippen molar-refractivity contribution in [1.82, 2.24) is 0 Å². The van der Waals surface area contributed by atoms with Crippen molar-refractivity contribution in [2.75, 3.05) is 0 Å². The molecule has 0 aliphatic carbocycles. The summed E-state index contributed by atoms with van der Waals surface area (Å²) in [6, 6.07) is 7.41. The maximum atomic E-state index is 10.6. The predicted octanol–water partition coefficient (Wildman–Crippen LogP) is 3.05. The molecule has 14 heavy (non-hydrogen) atoms. The van der Waals surface area contributed by atoms with Gasteiger partial charge in [-0.15, -0.1) is 0 Å². The summed E-state index contributed by atoms with van der Waals surface area (Å²) in [6.07, 6.45) is 0. The van der Waals surface area contributed by atoms with E-state index in [-0.39, 0.29) is 10.6 Å². The first-order valence-electron chi connectivity index (χ1n) is 4.19. The lowest BCUT2D eigenvalue weighted by atomic mass is 10.1. The zero-order valence-corrected chi connectivity index (χ0v) is 8.80. The van der Waals surface area contributed by atoms with Crippen LogP contribution in [0.3, 0.4) is 0 Å². The monoisotopic (exact) mass is 210 g/mol. The fraction of sp³-hybridized carbons (Fsp3) is 0.182. The normalized spacial score (nSPS) is 12.2. The van der Waals surface area contributed by atoms with E-state index >= 15 is 0 Å². The molecule has 1 N–H and O–H groups in total. The van der Waals surface area contributed by atoms with Gasteiger partial charge >= 0.3 is 5.97 Å². The second-order valence-corrected chi connectivity index (χ2v) is 3.49. The van der Waals surface area contributed by atoms with Gasteiger partial charge in [-0.05, 0) is 19.4 Å². The number of benzene rings is 1. The number of aliphatic carboxylic acids is 1. The molecule has 1 aromatic rings. The molecule has 0 atom stereocenters. The van der Waals surface area contributed by atoms with E-state index in [0.717, 1.165) is 11.1 Å². The fourth-order valence-electron chi connectivity index (χ4n) is 1.01. The number of hydrogen-bond donors (Lipinski definition) is 1. The number of carbonyl (C=O) groups is 1. The Balaban J connectivity index is 3.12. The van der Waals surface area contributed by atoms with Crippen molar-refractivity contribution >= 4 is 22.6 Å². The second kappa shape index (κ2) is 4.29. The Bertz CT molecular complexity index is 377. The molecule has 0 bridgehead atoms. The van der Waals surface area contributed by atoms with Gasteiger partial charge in [-0.3, -0.25) is 0 Å². The summed E-state index contributed by atoms with van der Waals surface area (Å²) in [7, 11) is 0. The molecule has 1 aromatic carbocycles. The van der Waals surface area contributed by atoms with Crippen LogP contribution >= 0.6 is 11.6 Å². The van der Waals surface area contributed by atoms with Crippen LogP contribution in [0.1, 0.15) is 18.1 Å². The number of rotatable bonds is 2. The van der Waals surface area contributed by atoms with E-state index in [2.05, 4.69) is 0 Å². The minimum Gasteiger partial charge on any atom is -0.478 e. The van der Waals surface area contributed by atoms with Crippen LogP contribution in [0.5, 0.6) is 0 Å². The molecule has 2 nitrogen and oxygen atoms in total. The molecule has 0 radical (unpaired) electrons. The molecule has 0 heterocycles. The number of halogens is 1. The lowest BCUT2D eigenvalue weighted by Gasteiger charge is -2.02. The molecule has 3 heteroatoms. The van der Waals surface area contributed by atoms with Gasteiger partial charge < -0.3 is 5.11 Å². The summed E-state index contributed by atoms with van der Waals surface area (Å²) in [6.45, 7) is 3.45. The Hall–Kier alpha value is -1.28. The van der Waals surface area contributed by atoms with Crippen molar-refractivity contribution in [3.05, 3.63) is 41.0 Å². The van der Waals surface area contributed by atoms with Gasteiger partial charge in [0.2, 0.25) is 0 Å². The molecule has 0 saturated heterocycles. The molecule has 0 aromatic heterocycles. The number of hydrogen-bond acceptors (Lipinski definition) is 1. The van der Waals surface area contributed by atoms with E-state index in [1.54, 1.807) is 0 Å². The van der Waals surface area contributed by atoms with Crippen LogP contribution in [-0.4, -0.2) is 11.1 Å². The first-order valence-corrected chi connectivity index (χ1v) is 4.57. The number of carboxylic acids is 1. The average Bonchev–Trinajstić information content (AvgIpc) is 2.16. The zero-order valence-electron chi connectivity index (χ0n) is 8.04. The summed E-state index contributed by atoms with van der Waals surface area (Å²) in [5, 5.41) is 9.02. The maximum absolute atomic E-state index is 10.6. The minimum absolute atomic E-state index is 0.163. The molecular weight excluding hydrogens is 200 g/mol. The van der Waals surface area contributed by atoms with Gasteiger partial charge in [-0.2, -0.15) is 0 Å². The van der Waals surface area contributed by atoms with Crippen LogP contribution in [0.2, 0.25) is 0 Å². The highest BCUT2D eigenvalue weighted by molar-refractivity contribution is 6.50. The molecular formula is C11H11ClO2. The Kier molecular flexibility index (Phi) is 3.31. The van der Waals surface area contributed by atoms with Crippen LogP contribution in [0, 0.1) is 6.92 Å². The summed E-state index contributed by atoms with van der Waals surface area (Å²) >= 11 is 5.90. The Morgan fingerprint density at radius 3 is 2.21 bits per heavy atom. The Morgan fingerprint density at radius 2 is 1.79 bits per heavy atom. The summed E-state index contributed by atoms with van der Waals surface area (Å²) in [4.78, 5) is 10.6. The van der Waals surface area contributed by atoms with Gasteiger partial charge in [0.25, 0.3) is 0 Å². The van der Waals surface area contributed by atoms with Gasteiger partial charge in [-0.1, -0.05) is 41.4 Å². The van der Waals surface area contributed by atoms with E-state index in [1.165, 1.54) is 6.92 Å². The van der Waals surface area contributed by atoms with E-state index in [4.69, 9.17) is 16.7 Å². The van der Waals surface area contributed by atoms with Crippen LogP contribution in [0.4, 0.5) is 0 Å². The van der Waals surface area contributed by atoms with E-state index in [9.17, 15) is 4.79 Å². The standard InChI is InChI=1S/C11H11ClO2/c1-7-3-5-9(6-4-7)10(12)8(2)11(13)14/h3-6H,1-2H3,(H,13,14)/b10-8-. The Labute approximate surface area is 87.8 Å². The molecule has 1 rings (SSSR count). The summed E-state index contributed by atoms with van der Waals surface area (Å²) in [5.74, 6) is -0.990. The van der Waals surface area contributed by atoms with Crippen molar-refractivity contribution < 1.29 is 9.90 Å². The van der Waals surface area contributed by atoms with Crippen LogP contribution in [-0.2, 0) is 4.79 Å². The topological polar surface area (TPSA) is 37.3 Å². The smallest absolute Gasteiger partial charge is 0.332 e. The van der Waals surface area contributed by atoms with Crippen molar-refractivity contribution in [2.45, 2.75) is 13.8 Å². The molecule has 0 unspecified atom stereocenters. The van der Waals surface area contributed by atoms with Crippen molar-refractivity contribution in [3.8, 4) is 0 Å². The quantitative estimate of drug-likeness (QED) is 0.762. The molecule has 0 aliphatic rings. The third-order valence-electron chi connectivity index (χ3n) is 1.96. The third kappa shape index (κ3) is 2.36. The Morgan fingerprint density at radius 1 is 1.29 bits per heavy atom. The van der Waals surface area contributed by atoms with Crippen molar-refractivity contribution in [1.29, 1.82) is 0 Å². The zero-order chi connectivity index (χ0) is 10.7. The molecule has 0 aliphatic heterocycles. The van der Waals surface area contributed by atoms with E-state index in [1.807, 2.05) is 31.2 Å². The predicted molar refractivity (Wildman–Crippen MR) is 57.3 cm³/mol. The maximum Gasteiger partial charge on any atom is 0.332 e. The largest absolute Gasteiger partial charge is 0.478 e. The van der Waals surface area contributed by atoms with Crippen LogP contribution < -0.4 is 0 Å². The van der Waals surface area contributed by atoms with Crippen molar-refractivity contribution in [3.63, 3.8) is 0 Å². The SMILES string of the molecule is C/C(C(=O)O)=C(/Cl)c1ccc(C)cc1. The van der Waals surface area contributed by atoms with Gasteiger partial charge in [0, 0.05) is 0 Å². The highest BCUT2D eigenvalue weighted by atomic mass is 35.5.